The van der Waals surface area contributed by atoms with E-state index in [-0.39, 0.29) is 18.0 Å². The number of rotatable bonds is 3. The second-order valence-electron chi connectivity index (χ2n) is 6.17. The molecule has 22 heavy (non-hydrogen) atoms. The minimum Gasteiger partial charge on any atom is -0.378 e. The number of hydrogen-bond donors (Lipinski definition) is 2. The Bertz CT molecular complexity index is 497. The van der Waals surface area contributed by atoms with Gasteiger partial charge in [-0.05, 0) is 37.1 Å². The molecule has 1 saturated heterocycles. The van der Waals surface area contributed by atoms with Crippen LogP contribution in [0.1, 0.15) is 36.0 Å². The summed E-state index contributed by atoms with van der Waals surface area (Å²) in [6.45, 7) is 3.34. The van der Waals surface area contributed by atoms with Gasteiger partial charge in [0.25, 0.3) is 5.91 Å². The molecule has 120 valence electrons. The Morgan fingerprint density at radius 2 is 1.82 bits per heavy atom. The van der Waals surface area contributed by atoms with Gasteiger partial charge in [-0.2, -0.15) is 0 Å². The van der Waals surface area contributed by atoms with Gasteiger partial charge in [-0.3, -0.25) is 4.79 Å². The van der Waals surface area contributed by atoms with E-state index in [4.69, 9.17) is 10.5 Å². The van der Waals surface area contributed by atoms with E-state index in [0.717, 1.165) is 51.3 Å². The number of anilines is 1. The summed E-state index contributed by atoms with van der Waals surface area (Å²) < 4.78 is 5.36. The molecule has 0 radical (unpaired) electrons. The Labute approximate surface area is 131 Å². The van der Waals surface area contributed by atoms with Gasteiger partial charge in [0.1, 0.15) is 0 Å². The van der Waals surface area contributed by atoms with Crippen molar-refractivity contribution in [2.24, 2.45) is 5.73 Å². The zero-order chi connectivity index (χ0) is 15.4. The van der Waals surface area contributed by atoms with Crippen LogP contribution in [0.5, 0.6) is 0 Å². The molecule has 5 heteroatoms. The molecule has 1 amide bonds. The van der Waals surface area contributed by atoms with Crippen molar-refractivity contribution in [1.82, 2.24) is 5.32 Å². The summed E-state index contributed by atoms with van der Waals surface area (Å²) in [4.78, 5) is 14.6. The van der Waals surface area contributed by atoms with E-state index in [1.807, 2.05) is 24.3 Å². The minimum atomic E-state index is -0.0177. The molecule has 2 atom stereocenters. The van der Waals surface area contributed by atoms with E-state index in [1.165, 1.54) is 6.42 Å². The number of benzene rings is 1. The Balaban J connectivity index is 1.60. The Hall–Kier alpha value is -1.59. The molecule has 1 aliphatic carbocycles. The molecule has 3 N–H and O–H groups in total. The summed E-state index contributed by atoms with van der Waals surface area (Å²) in [5.41, 5.74) is 7.94. The average Bonchev–Trinajstić information content (AvgIpc) is 2.58. The summed E-state index contributed by atoms with van der Waals surface area (Å²) in [7, 11) is 0. The number of carbonyl (C=O) groups is 1. The quantitative estimate of drug-likeness (QED) is 0.888. The SMILES string of the molecule is NC1CCCCC1NC(=O)c1ccc(N2CCOCC2)cc1. The number of nitrogens with two attached hydrogens (primary N) is 1. The first-order chi connectivity index (χ1) is 10.7. The number of morpholine rings is 1. The number of hydrogen-bond acceptors (Lipinski definition) is 4. The lowest BCUT2D eigenvalue weighted by Crippen LogP contribution is -2.49. The Kier molecular flexibility index (Phi) is 4.95. The van der Waals surface area contributed by atoms with E-state index in [2.05, 4.69) is 10.2 Å². The standard InChI is InChI=1S/C17H25N3O2/c18-15-3-1-2-4-16(15)19-17(21)13-5-7-14(8-6-13)20-9-11-22-12-10-20/h5-8,15-16H,1-4,9-12,18H2,(H,19,21). The zero-order valence-corrected chi connectivity index (χ0v) is 13.0. The third kappa shape index (κ3) is 3.59. The lowest BCUT2D eigenvalue weighted by atomic mass is 9.91. The molecular formula is C17H25N3O2. The smallest absolute Gasteiger partial charge is 0.251 e. The number of carbonyl (C=O) groups excluding carboxylic acids is 1. The first-order valence-corrected chi connectivity index (χ1v) is 8.23. The maximum absolute atomic E-state index is 12.3. The van der Waals surface area contributed by atoms with Crippen LogP contribution in [0.3, 0.4) is 0 Å². The van der Waals surface area contributed by atoms with Crippen LogP contribution in [-0.4, -0.2) is 44.3 Å². The normalized spacial score (nSPS) is 25.8. The highest BCUT2D eigenvalue weighted by molar-refractivity contribution is 5.94. The van der Waals surface area contributed by atoms with Gasteiger partial charge in [0, 0.05) is 36.4 Å². The zero-order valence-electron chi connectivity index (χ0n) is 13.0. The molecule has 0 spiro atoms. The fraction of sp³-hybridized carbons (Fsp3) is 0.588. The second kappa shape index (κ2) is 7.11. The maximum atomic E-state index is 12.3. The van der Waals surface area contributed by atoms with Crippen LogP contribution in [0.25, 0.3) is 0 Å². The predicted octanol–water partition coefficient (Wildman–Crippen LogP) is 1.52. The molecule has 0 bridgehead atoms. The van der Waals surface area contributed by atoms with Gasteiger partial charge in [0.2, 0.25) is 0 Å². The van der Waals surface area contributed by atoms with Crippen molar-refractivity contribution in [3.63, 3.8) is 0 Å². The lowest BCUT2D eigenvalue weighted by Gasteiger charge is -2.30. The molecular weight excluding hydrogens is 278 g/mol. The summed E-state index contributed by atoms with van der Waals surface area (Å²) in [5.74, 6) is -0.0177. The predicted molar refractivity (Wildman–Crippen MR) is 87.2 cm³/mol. The van der Waals surface area contributed by atoms with Crippen LogP contribution in [0.2, 0.25) is 0 Å². The van der Waals surface area contributed by atoms with E-state index < -0.39 is 0 Å². The lowest BCUT2D eigenvalue weighted by molar-refractivity contribution is 0.0921. The van der Waals surface area contributed by atoms with E-state index >= 15 is 0 Å². The van der Waals surface area contributed by atoms with Crippen LogP contribution in [0.15, 0.2) is 24.3 Å². The molecule has 1 saturated carbocycles. The number of nitrogens with one attached hydrogen (secondary N) is 1. The van der Waals surface area contributed by atoms with Crippen molar-refractivity contribution in [2.45, 2.75) is 37.8 Å². The number of nitrogens with zero attached hydrogens (tertiary/aromatic N) is 1. The van der Waals surface area contributed by atoms with Gasteiger partial charge in [0.15, 0.2) is 0 Å². The molecule has 1 aromatic rings. The van der Waals surface area contributed by atoms with E-state index in [9.17, 15) is 4.79 Å². The summed E-state index contributed by atoms with van der Waals surface area (Å²) in [6.07, 6.45) is 4.30. The summed E-state index contributed by atoms with van der Waals surface area (Å²) in [6, 6.07) is 8.02. The summed E-state index contributed by atoms with van der Waals surface area (Å²) in [5, 5.41) is 3.09. The van der Waals surface area contributed by atoms with Gasteiger partial charge in [-0.1, -0.05) is 12.8 Å². The van der Waals surface area contributed by atoms with Crippen molar-refractivity contribution in [2.75, 3.05) is 31.2 Å². The second-order valence-corrected chi connectivity index (χ2v) is 6.17. The Morgan fingerprint density at radius 3 is 2.50 bits per heavy atom. The van der Waals surface area contributed by atoms with E-state index in [0.29, 0.717) is 5.56 Å². The van der Waals surface area contributed by atoms with Gasteiger partial charge in [-0.15, -0.1) is 0 Å². The first kappa shape index (κ1) is 15.3. The van der Waals surface area contributed by atoms with Crippen LogP contribution in [0.4, 0.5) is 5.69 Å². The van der Waals surface area contributed by atoms with Crippen molar-refractivity contribution >= 4 is 11.6 Å². The summed E-state index contributed by atoms with van der Waals surface area (Å²) >= 11 is 0. The highest BCUT2D eigenvalue weighted by Crippen LogP contribution is 2.19. The van der Waals surface area contributed by atoms with Gasteiger partial charge < -0.3 is 20.7 Å². The van der Waals surface area contributed by atoms with Gasteiger partial charge >= 0.3 is 0 Å². The minimum absolute atomic E-state index is 0.0177. The van der Waals surface area contributed by atoms with Crippen molar-refractivity contribution in [1.29, 1.82) is 0 Å². The van der Waals surface area contributed by atoms with Crippen molar-refractivity contribution in [3.8, 4) is 0 Å². The van der Waals surface area contributed by atoms with Crippen molar-refractivity contribution in [3.05, 3.63) is 29.8 Å². The third-order valence-electron chi connectivity index (χ3n) is 4.64. The van der Waals surface area contributed by atoms with Gasteiger partial charge in [-0.25, -0.2) is 0 Å². The van der Waals surface area contributed by atoms with Crippen LogP contribution < -0.4 is 16.0 Å². The van der Waals surface area contributed by atoms with Crippen LogP contribution in [0, 0.1) is 0 Å². The van der Waals surface area contributed by atoms with Crippen LogP contribution >= 0.6 is 0 Å². The molecule has 5 nitrogen and oxygen atoms in total. The van der Waals surface area contributed by atoms with E-state index in [1.54, 1.807) is 0 Å². The molecule has 2 aliphatic rings. The molecule has 0 aromatic heterocycles. The number of amides is 1. The molecule has 2 unspecified atom stereocenters. The fourth-order valence-corrected chi connectivity index (χ4v) is 3.24. The van der Waals surface area contributed by atoms with Gasteiger partial charge in [0.05, 0.1) is 13.2 Å². The molecule has 1 heterocycles. The Morgan fingerprint density at radius 1 is 1.14 bits per heavy atom. The molecule has 1 aromatic carbocycles. The third-order valence-corrected chi connectivity index (χ3v) is 4.64. The number of ether oxygens (including phenoxy) is 1. The monoisotopic (exact) mass is 303 g/mol. The fourth-order valence-electron chi connectivity index (χ4n) is 3.24. The van der Waals surface area contributed by atoms with Crippen LogP contribution in [-0.2, 0) is 4.74 Å². The highest BCUT2D eigenvalue weighted by Gasteiger charge is 2.23. The van der Waals surface area contributed by atoms with Crippen molar-refractivity contribution < 1.29 is 9.53 Å². The molecule has 2 fully saturated rings. The topological polar surface area (TPSA) is 67.6 Å². The molecule has 3 rings (SSSR count). The highest BCUT2D eigenvalue weighted by atomic mass is 16.5. The first-order valence-electron chi connectivity index (χ1n) is 8.23. The maximum Gasteiger partial charge on any atom is 0.251 e. The molecule has 1 aliphatic heterocycles. The average molecular weight is 303 g/mol. The largest absolute Gasteiger partial charge is 0.378 e.